The fourth-order valence-corrected chi connectivity index (χ4v) is 6.72. The van der Waals surface area contributed by atoms with Crippen LogP contribution in [0.1, 0.15) is 51.5 Å². The highest BCUT2D eigenvalue weighted by Crippen LogP contribution is 2.31. The number of para-hydroxylation sites is 1. The van der Waals surface area contributed by atoms with Crippen molar-refractivity contribution in [3.63, 3.8) is 0 Å². The number of imidazole rings is 1. The van der Waals surface area contributed by atoms with Gasteiger partial charge in [-0.25, -0.2) is 13.4 Å². The number of sulfonamides is 1. The van der Waals surface area contributed by atoms with Crippen molar-refractivity contribution in [3.8, 4) is 0 Å². The molecular weight excluding hydrogens is 548 g/mol. The number of hydrogen-bond donors (Lipinski definition) is 4. The van der Waals surface area contributed by atoms with E-state index in [1.54, 1.807) is 31.5 Å². The van der Waals surface area contributed by atoms with E-state index in [1.807, 2.05) is 6.07 Å². The van der Waals surface area contributed by atoms with Crippen molar-refractivity contribution >= 4 is 33.5 Å². The third-order valence-electron chi connectivity index (χ3n) is 7.29. The Hall–Kier alpha value is -3.16. The van der Waals surface area contributed by atoms with Gasteiger partial charge in [-0.3, -0.25) is 9.59 Å². The lowest BCUT2D eigenvalue weighted by Crippen LogP contribution is -2.52. The number of ether oxygens (including phenoxy) is 2. The lowest BCUT2D eigenvalue weighted by atomic mass is 9.96. The second-order valence-electron chi connectivity index (χ2n) is 10.7. The highest BCUT2D eigenvalue weighted by molar-refractivity contribution is 7.89. The molecule has 1 aromatic heterocycles. The molecule has 0 aliphatic carbocycles. The third kappa shape index (κ3) is 8.66. The van der Waals surface area contributed by atoms with E-state index in [0.717, 1.165) is 31.2 Å². The SMILES string of the molecule is CCOC(=O)CN(CC1CCCCO1)C(=O)[C@H](CCCNc1ncc[nH]1)NS(=O)(=O)c1cccc2c1NCC(C)C2. The van der Waals surface area contributed by atoms with E-state index < -0.39 is 27.9 Å². The Bertz CT molecular complexity index is 1250. The van der Waals surface area contributed by atoms with Crippen LogP contribution in [-0.4, -0.2) is 86.7 Å². The molecule has 1 saturated heterocycles. The number of aromatic nitrogens is 2. The molecule has 1 fully saturated rings. The Labute approximate surface area is 242 Å². The van der Waals surface area contributed by atoms with Gasteiger partial charge >= 0.3 is 5.97 Å². The van der Waals surface area contributed by atoms with Crippen LogP contribution in [0.3, 0.4) is 0 Å². The first-order valence-electron chi connectivity index (χ1n) is 14.4. The monoisotopic (exact) mass is 590 g/mol. The van der Waals surface area contributed by atoms with Crippen molar-refractivity contribution in [1.29, 1.82) is 0 Å². The zero-order chi connectivity index (χ0) is 29.2. The van der Waals surface area contributed by atoms with Gasteiger partial charge in [0, 0.05) is 38.6 Å². The molecule has 2 aliphatic heterocycles. The molecule has 2 unspecified atom stereocenters. The van der Waals surface area contributed by atoms with Crippen molar-refractivity contribution in [2.24, 2.45) is 5.92 Å². The molecule has 1 amide bonds. The lowest BCUT2D eigenvalue weighted by molar-refractivity contribution is -0.151. The molecule has 0 radical (unpaired) electrons. The molecule has 12 nitrogen and oxygen atoms in total. The number of benzene rings is 1. The molecule has 0 saturated carbocycles. The topological polar surface area (TPSA) is 155 Å². The van der Waals surface area contributed by atoms with Gasteiger partial charge < -0.3 is 30.0 Å². The minimum absolute atomic E-state index is 0.112. The highest BCUT2D eigenvalue weighted by Gasteiger charge is 2.34. The summed E-state index contributed by atoms with van der Waals surface area (Å²) >= 11 is 0. The summed E-state index contributed by atoms with van der Waals surface area (Å²) in [6.07, 6.45) is 7.19. The van der Waals surface area contributed by atoms with Crippen LogP contribution in [0.4, 0.5) is 11.6 Å². The fourth-order valence-electron chi connectivity index (χ4n) is 5.27. The third-order valence-corrected chi connectivity index (χ3v) is 8.80. The summed E-state index contributed by atoms with van der Waals surface area (Å²) in [5.74, 6) is -0.0701. The first-order valence-corrected chi connectivity index (χ1v) is 15.9. The van der Waals surface area contributed by atoms with Gasteiger partial charge in [-0.05, 0) is 63.0 Å². The van der Waals surface area contributed by atoms with E-state index in [1.165, 1.54) is 4.90 Å². The number of hydrogen-bond acceptors (Lipinski definition) is 9. The molecule has 3 atom stereocenters. The van der Waals surface area contributed by atoms with Gasteiger partial charge in [0.15, 0.2) is 5.95 Å². The van der Waals surface area contributed by atoms with E-state index in [-0.39, 0.29) is 37.1 Å². The summed E-state index contributed by atoms with van der Waals surface area (Å²) in [7, 11) is -4.10. The molecule has 4 rings (SSSR count). The summed E-state index contributed by atoms with van der Waals surface area (Å²) in [5.41, 5.74) is 1.50. The van der Waals surface area contributed by atoms with Crippen molar-refractivity contribution < 1.29 is 27.5 Å². The Kier molecular flexibility index (Phi) is 11.0. The predicted octanol–water partition coefficient (Wildman–Crippen LogP) is 2.51. The Morgan fingerprint density at radius 3 is 2.88 bits per heavy atom. The first-order chi connectivity index (χ1) is 19.8. The number of carbonyl (C=O) groups is 2. The van der Waals surface area contributed by atoms with Crippen LogP contribution in [-0.2, 0) is 35.5 Å². The Balaban J connectivity index is 1.56. The maximum atomic E-state index is 14.0. The normalized spacial score (nSPS) is 19.5. The second-order valence-corrected chi connectivity index (χ2v) is 12.4. The molecule has 2 aromatic rings. The number of carbonyl (C=O) groups excluding carboxylic acids is 2. The van der Waals surface area contributed by atoms with Gasteiger partial charge in [0.25, 0.3) is 0 Å². The van der Waals surface area contributed by atoms with E-state index in [4.69, 9.17) is 9.47 Å². The van der Waals surface area contributed by atoms with Gasteiger partial charge in [-0.1, -0.05) is 19.1 Å². The Morgan fingerprint density at radius 1 is 1.29 bits per heavy atom. The van der Waals surface area contributed by atoms with Gasteiger partial charge in [0.1, 0.15) is 17.5 Å². The van der Waals surface area contributed by atoms with Crippen LogP contribution >= 0.6 is 0 Å². The molecule has 4 N–H and O–H groups in total. The molecular formula is C28H42N6O6S. The van der Waals surface area contributed by atoms with Crippen molar-refractivity contribution in [2.45, 2.75) is 69.4 Å². The quantitative estimate of drug-likeness (QED) is 0.192. The summed E-state index contributed by atoms with van der Waals surface area (Å²) in [6.45, 7) is 5.60. The number of esters is 1. The zero-order valence-electron chi connectivity index (χ0n) is 23.9. The van der Waals surface area contributed by atoms with Crippen LogP contribution in [0.15, 0.2) is 35.5 Å². The van der Waals surface area contributed by atoms with E-state index in [0.29, 0.717) is 43.7 Å². The number of rotatable bonds is 14. The molecule has 0 bridgehead atoms. The number of H-pyrrole nitrogens is 1. The molecule has 41 heavy (non-hydrogen) atoms. The lowest BCUT2D eigenvalue weighted by Gasteiger charge is -2.32. The van der Waals surface area contributed by atoms with Crippen LogP contribution in [0.25, 0.3) is 0 Å². The number of nitrogens with one attached hydrogen (secondary N) is 4. The average molecular weight is 591 g/mol. The predicted molar refractivity (Wildman–Crippen MR) is 155 cm³/mol. The smallest absolute Gasteiger partial charge is 0.325 e. The van der Waals surface area contributed by atoms with Crippen molar-refractivity contribution in [2.75, 3.05) is 50.0 Å². The van der Waals surface area contributed by atoms with Crippen LogP contribution in [0.2, 0.25) is 0 Å². The van der Waals surface area contributed by atoms with Crippen molar-refractivity contribution in [1.82, 2.24) is 19.6 Å². The van der Waals surface area contributed by atoms with Gasteiger partial charge in [0.05, 0.1) is 18.4 Å². The summed E-state index contributed by atoms with van der Waals surface area (Å²) < 4.78 is 41.2. The summed E-state index contributed by atoms with van der Waals surface area (Å²) in [6, 6.07) is 4.10. The van der Waals surface area contributed by atoms with Gasteiger partial charge in [-0.15, -0.1) is 0 Å². The number of anilines is 2. The van der Waals surface area contributed by atoms with Crippen molar-refractivity contribution in [3.05, 3.63) is 36.2 Å². The standard InChI is InChI=1S/C28H42N6O6S/c1-3-39-25(35)19-34(18-22-9-4-5-15-40-22)27(36)23(10-7-12-29-28-30-13-14-31-28)33-41(37,38)24-11-6-8-21-16-20(2)17-32-26(21)24/h6,8,11,13-14,20,22-23,32-33H,3-5,7,9-10,12,15-19H2,1-2H3,(H2,29,30,31)/t20?,22?,23-/m0/s1. The first kappa shape index (κ1) is 30.8. The molecule has 3 heterocycles. The number of fused-ring (bicyclic) bond motifs is 1. The number of amides is 1. The van der Waals surface area contributed by atoms with E-state index in [2.05, 4.69) is 32.2 Å². The van der Waals surface area contributed by atoms with E-state index in [9.17, 15) is 18.0 Å². The minimum Gasteiger partial charge on any atom is -0.465 e. The average Bonchev–Trinajstić information content (AvgIpc) is 3.48. The fraction of sp³-hybridized carbons (Fsp3) is 0.607. The Morgan fingerprint density at radius 2 is 2.15 bits per heavy atom. The summed E-state index contributed by atoms with van der Waals surface area (Å²) in [4.78, 5) is 35.1. The minimum atomic E-state index is -4.10. The second kappa shape index (κ2) is 14.6. The van der Waals surface area contributed by atoms with Crippen LogP contribution in [0.5, 0.6) is 0 Å². The maximum absolute atomic E-state index is 14.0. The highest BCUT2D eigenvalue weighted by atomic mass is 32.2. The summed E-state index contributed by atoms with van der Waals surface area (Å²) in [5, 5.41) is 6.39. The van der Waals surface area contributed by atoms with E-state index >= 15 is 0 Å². The molecule has 2 aliphatic rings. The van der Waals surface area contributed by atoms with Crippen LogP contribution < -0.4 is 15.4 Å². The largest absolute Gasteiger partial charge is 0.465 e. The zero-order valence-corrected chi connectivity index (χ0v) is 24.7. The number of nitrogens with zero attached hydrogens (tertiary/aromatic N) is 2. The molecule has 13 heteroatoms. The number of aromatic amines is 1. The maximum Gasteiger partial charge on any atom is 0.325 e. The molecule has 1 aromatic carbocycles. The van der Waals surface area contributed by atoms with Gasteiger partial charge in [0.2, 0.25) is 15.9 Å². The van der Waals surface area contributed by atoms with Crippen LogP contribution in [0, 0.1) is 5.92 Å². The molecule has 226 valence electrons. The van der Waals surface area contributed by atoms with Gasteiger partial charge in [-0.2, -0.15) is 4.72 Å². The molecule has 0 spiro atoms.